The standard InChI is InChI=1S/C8H13N3O2/c1-3-7-9-8(13-10-7)5-11(4-2)6-12/h6H,3-5H2,1-2H3. The minimum absolute atomic E-state index is 0.396. The molecule has 0 radical (unpaired) electrons. The quantitative estimate of drug-likeness (QED) is 0.627. The van der Waals surface area contributed by atoms with E-state index in [2.05, 4.69) is 10.1 Å². The van der Waals surface area contributed by atoms with Crippen molar-refractivity contribution in [3.05, 3.63) is 11.7 Å². The highest BCUT2D eigenvalue weighted by Crippen LogP contribution is 2.01. The third-order valence-electron chi connectivity index (χ3n) is 1.72. The maximum absolute atomic E-state index is 10.5. The first kappa shape index (κ1) is 9.70. The van der Waals surface area contributed by atoms with Crippen molar-refractivity contribution in [3.63, 3.8) is 0 Å². The zero-order valence-corrected chi connectivity index (χ0v) is 7.86. The van der Waals surface area contributed by atoms with Crippen molar-refractivity contribution in [2.75, 3.05) is 6.54 Å². The van der Waals surface area contributed by atoms with Gasteiger partial charge in [-0.2, -0.15) is 4.98 Å². The van der Waals surface area contributed by atoms with Crippen LogP contribution in [0, 0.1) is 0 Å². The first-order valence-corrected chi connectivity index (χ1v) is 4.31. The van der Waals surface area contributed by atoms with Crippen LogP contribution in [-0.4, -0.2) is 28.0 Å². The Hall–Kier alpha value is -1.39. The zero-order valence-electron chi connectivity index (χ0n) is 7.86. The summed E-state index contributed by atoms with van der Waals surface area (Å²) < 4.78 is 4.93. The van der Waals surface area contributed by atoms with Crippen molar-refractivity contribution in [3.8, 4) is 0 Å². The average molecular weight is 183 g/mol. The molecule has 0 bridgehead atoms. The molecule has 0 atom stereocenters. The third-order valence-corrected chi connectivity index (χ3v) is 1.72. The van der Waals surface area contributed by atoms with Crippen LogP contribution in [0.15, 0.2) is 4.52 Å². The SMILES string of the molecule is CCc1noc(CN(C=O)CC)n1. The lowest BCUT2D eigenvalue weighted by molar-refractivity contribution is -0.118. The minimum Gasteiger partial charge on any atom is -0.337 e. The molecular formula is C8H13N3O2. The Kier molecular flexibility index (Phi) is 3.42. The van der Waals surface area contributed by atoms with Gasteiger partial charge in [0.15, 0.2) is 5.82 Å². The van der Waals surface area contributed by atoms with Crippen LogP contribution in [0.5, 0.6) is 0 Å². The van der Waals surface area contributed by atoms with Crippen molar-refractivity contribution < 1.29 is 9.32 Å². The van der Waals surface area contributed by atoms with E-state index in [1.807, 2.05) is 13.8 Å². The van der Waals surface area contributed by atoms with E-state index in [0.29, 0.717) is 24.8 Å². The molecule has 5 heteroatoms. The molecule has 0 saturated heterocycles. The summed E-state index contributed by atoms with van der Waals surface area (Å²) in [7, 11) is 0. The Balaban J connectivity index is 2.57. The molecule has 1 aromatic heterocycles. The van der Waals surface area contributed by atoms with E-state index in [-0.39, 0.29) is 0 Å². The average Bonchev–Trinajstić information content (AvgIpc) is 2.61. The summed E-state index contributed by atoms with van der Waals surface area (Å²) in [5, 5.41) is 3.73. The number of aryl methyl sites for hydroxylation is 1. The molecule has 72 valence electrons. The molecule has 13 heavy (non-hydrogen) atoms. The van der Waals surface area contributed by atoms with E-state index in [1.54, 1.807) is 4.90 Å². The van der Waals surface area contributed by atoms with Gasteiger partial charge in [-0.3, -0.25) is 4.79 Å². The predicted octanol–water partition coefficient (Wildman–Crippen LogP) is 0.610. The number of rotatable bonds is 5. The van der Waals surface area contributed by atoms with Gasteiger partial charge in [-0.1, -0.05) is 12.1 Å². The lowest BCUT2D eigenvalue weighted by Gasteiger charge is -2.10. The fourth-order valence-corrected chi connectivity index (χ4v) is 0.895. The normalized spacial score (nSPS) is 10.0. The van der Waals surface area contributed by atoms with Gasteiger partial charge in [0.25, 0.3) is 0 Å². The number of hydrogen-bond donors (Lipinski definition) is 0. The molecule has 0 unspecified atom stereocenters. The highest BCUT2D eigenvalue weighted by molar-refractivity contribution is 5.46. The third kappa shape index (κ3) is 2.54. The maximum Gasteiger partial charge on any atom is 0.246 e. The van der Waals surface area contributed by atoms with Crippen LogP contribution in [0.3, 0.4) is 0 Å². The Morgan fingerprint density at radius 3 is 2.77 bits per heavy atom. The lowest BCUT2D eigenvalue weighted by atomic mass is 10.4. The Labute approximate surface area is 76.7 Å². The van der Waals surface area contributed by atoms with Crippen LogP contribution >= 0.6 is 0 Å². The monoisotopic (exact) mass is 183 g/mol. The number of carbonyl (C=O) groups excluding carboxylic acids is 1. The van der Waals surface area contributed by atoms with E-state index >= 15 is 0 Å². The predicted molar refractivity (Wildman–Crippen MR) is 45.8 cm³/mol. The second-order valence-electron chi connectivity index (χ2n) is 2.63. The maximum atomic E-state index is 10.5. The summed E-state index contributed by atoms with van der Waals surface area (Å²) in [6.07, 6.45) is 1.52. The summed E-state index contributed by atoms with van der Waals surface area (Å²) in [6, 6.07) is 0. The Morgan fingerprint density at radius 1 is 1.54 bits per heavy atom. The van der Waals surface area contributed by atoms with Crippen LogP contribution in [0.2, 0.25) is 0 Å². The van der Waals surface area contributed by atoms with Crippen LogP contribution < -0.4 is 0 Å². The molecule has 0 saturated carbocycles. The summed E-state index contributed by atoms with van der Waals surface area (Å²) in [5.74, 6) is 1.17. The van der Waals surface area contributed by atoms with Gasteiger partial charge in [-0.15, -0.1) is 0 Å². The van der Waals surface area contributed by atoms with E-state index in [0.717, 1.165) is 12.8 Å². The fourth-order valence-electron chi connectivity index (χ4n) is 0.895. The highest BCUT2D eigenvalue weighted by atomic mass is 16.5. The molecule has 0 aliphatic heterocycles. The van der Waals surface area contributed by atoms with Crippen molar-refractivity contribution in [2.24, 2.45) is 0 Å². The lowest BCUT2D eigenvalue weighted by Crippen LogP contribution is -2.20. The molecule has 0 fully saturated rings. The van der Waals surface area contributed by atoms with Crippen molar-refractivity contribution in [1.82, 2.24) is 15.0 Å². The summed E-state index contributed by atoms with van der Waals surface area (Å²) >= 11 is 0. The van der Waals surface area contributed by atoms with Crippen LogP contribution in [0.4, 0.5) is 0 Å². The van der Waals surface area contributed by atoms with Crippen LogP contribution in [0.25, 0.3) is 0 Å². The van der Waals surface area contributed by atoms with Gasteiger partial charge in [0.2, 0.25) is 12.3 Å². The molecule has 0 aliphatic carbocycles. The largest absolute Gasteiger partial charge is 0.337 e. The van der Waals surface area contributed by atoms with E-state index in [4.69, 9.17) is 4.52 Å². The van der Waals surface area contributed by atoms with E-state index < -0.39 is 0 Å². The second-order valence-corrected chi connectivity index (χ2v) is 2.63. The number of carbonyl (C=O) groups is 1. The fraction of sp³-hybridized carbons (Fsp3) is 0.625. The van der Waals surface area contributed by atoms with Crippen molar-refractivity contribution in [2.45, 2.75) is 26.8 Å². The Bertz CT molecular complexity index is 272. The van der Waals surface area contributed by atoms with Crippen molar-refractivity contribution in [1.29, 1.82) is 0 Å². The van der Waals surface area contributed by atoms with Crippen LogP contribution in [-0.2, 0) is 17.8 Å². The van der Waals surface area contributed by atoms with Gasteiger partial charge in [-0.05, 0) is 6.92 Å². The topological polar surface area (TPSA) is 59.2 Å². The van der Waals surface area contributed by atoms with Gasteiger partial charge in [0.1, 0.15) is 0 Å². The smallest absolute Gasteiger partial charge is 0.246 e. The van der Waals surface area contributed by atoms with Gasteiger partial charge in [0, 0.05) is 13.0 Å². The molecule has 1 aromatic rings. The molecule has 5 nitrogen and oxygen atoms in total. The number of hydrogen-bond acceptors (Lipinski definition) is 4. The molecular weight excluding hydrogens is 170 g/mol. The Morgan fingerprint density at radius 2 is 2.31 bits per heavy atom. The minimum atomic E-state index is 0.396. The van der Waals surface area contributed by atoms with Gasteiger partial charge >= 0.3 is 0 Å². The summed E-state index contributed by atoms with van der Waals surface area (Å²) in [6.45, 7) is 4.89. The number of nitrogens with zero attached hydrogens (tertiary/aromatic N) is 3. The van der Waals surface area contributed by atoms with Crippen molar-refractivity contribution >= 4 is 6.41 Å². The zero-order chi connectivity index (χ0) is 9.68. The molecule has 1 heterocycles. The summed E-state index contributed by atoms with van der Waals surface area (Å²) in [5.41, 5.74) is 0. The second kappa shape index (κ2) is 4.59. The van der Waals surface area contributed by atoms with Crippen LogP contribution in [0.1, 0.15) is 25.6 Å². The van der Waals surface area contributed by atoms with Gasteiger partial charge in [-0.25, -0.2) is 0 Å². The molecule has 0 aliphatic rings. The first-order chi connectivity index (χ1) is 6.30. The van der Waals surface area contributed by atoms with Gasteiger partial charge < -0.3 is 9.42 Å². The molecule has 0 aromatic carbocycles. The van der Waals surface area contributed by atoms with Gasteiger partial charge in [0.05, 0.1) is 6.54 Å². The highest BCUT2D eigenvalue weighted by Gasteiger charge is 2.07. The molecule has 1 rings (SSSR count). The molecule has 0 spiro atoms. The number of amides is 1. The van der Waals surface area contributed by atoms with E-state index in [9.17, 15) is 4.79 Å². The first-order valence-electron chi connectivity index (χ1n) is 4.31. The van der Waals surface area contributed by atoms with E-state index in [1.165, 1.54) is 0 Å². The number of aromatic nitrogens is 2. The molecule has 1 amide bonds. The molecule has 0 N–H and O–H groups in total. The summed E-state index contributed by atoms with van der Waals surface area (Å²) in [4.78, 5) is 16.1.